The molecule has 0 spiro atoms. The maximum absolute atomic E-state index is 12.5. The van der Waals surface area contributed by atoms with Crippen LogP contribution in [0.1, 0.15) is 15.9 Å². The van der Waals surface area contributed by atoms with Crippen LogP contribution in [0.15, 0.2) is 54.6 Å². The number of carbonyl (C=O) groups is 1. The number of carbonyl (C=O) groups excluding carboxylic acids is 1. The van der Waals surface area contributed by atoms with Gasteiger partial charge in [-0.2, -0.15) is 0 Å². The van der Waals surface area contributed by atoms with Gasteiger partial charge < -0.3 is 10.6 Å². The van der Waals surface area contributed by atoms with E-state index in [1.807, 2.05) is 23.1 Å². The van der Waals surface area contributed by atoms with Crippen LogP contribution in [-0.4, -0.2) is 48.4 Å². The summed E-state index contributed by atoms with van der Waals surface area (Å²) in [5, 5.41) is 0. The summed E-state index contributed by atoms with van der Waals surface area (Å²) in [5.41, 5.74) is 8.45. The van der Waals surface area contributed by atoms with Gasteiger partial charge in [0.05, 0.1) is 5.56 Å². The highest BCUT2D eigenvalue weighted by Gasteiger charge is 2.22. The Morgan fingerprint density at radius 1 is 0.913 bits per heavy atom. The highest BCUT2D eigenvalue weighted by Crippen LogP contribution is 2.15. The third-order valence-corrected chi connectivity index (χ3v) is 4.41. The Balaban J connectivity index is 1.50. The van der Waals surface area contributed by atoms with Crippen LogP contribution in [0.2, 0.25) is 0 Å². The molecule has 2 aromatic rings. The summed E-state index contributed by atoms with van der Waals surface area (Å²) in [4.78, 5) is 16.9. The van der Waals surface area contributed by atoms with Gasteiger partial charge in [0.25, 0.3) is 5.91 Å². The number of para-hydroxylation sites is 1. The second-order valence-corrected chi connectivity index (χ2v) is 5.96. The molecule has 0 aliphatic carbocycles. The van der Waals surface area contributed by atoms with E-state index in [1.165, 1.54) is 5.56 Å². The standard InChI is InChI=1S/C19H23N3O/c20-18-9-5-4-8-17(18)19(23)22-14-12-21(13-15-22)11-10-16-6-2-1-3-7-16/h1-9H,10-15,20H2. The van der Waals surface area contributed by atoms with Crippen molar-refractivity contribution in [3.8, 4) is 0 Å². The Labute approximate surface area is 137 Å². The van der Waals surface area contributed by atoms with Crippen molar-refractivity contribution in [2.75, 3.05) is 38.5 Å². The monoisotopic (exact) mass is 309 g/mol. The number of hydrogen-bond donors (Lipinski definition) is 1. The first-order valence-corrected chi connectivity index (χ1v) is 8.14. The number of rotatable bonds is 4. The lowest BCUT2D eigenvalue weighted by atomic mass is 10.1. The zero-order valence-corrected chi connectivity index (χ0v) is 13.3. The fourth-order valence-electron chi connectivity index (χ4n) is 2.97. The zero-order valence-electron chi connectivity index (χ0n) is 13.3. The minimum absolute atomic E-state index is 0.0470. The molecule has 1 heterocycles. The Hall–Kier alpha value is -2.33. The molecule has 23 heavy (non-hydrogen) atoms. The Morgan fingerprint density at radius 2 is 1.57 bits per heavy atom. The molecule has 1 aliphatic heterocycles. The quantitative estimate of drug-likeness (QED) is 0.882. The first-order chi connectivity index (χ1) is 11.2. The summed E-state index contributed by atoms with van der Waals surface area (Å²) < 4.78 is 0. The zero-order chi connectivity index (χ0) is 16.1. The highest BCUT2D eigenvalue weighted by atomic mass is 16.2. The van der Waals surface area contributed by atoms with E-state index in [9.17, 15) is 4.79 Å². The van der Waals surface area contributed by atoms with Crippen molar-refractivity contribution < 1.29 is 4.79 Å². The fourth-order valence-corrected chi connectivity index (χ4v) is 2.97. The maximum atomic E-state index is 12.5. The predicted molar refractivity (Wildman–Crippen MR) is 93.3 cm³/mol. The third kappa shape index (κ3) is 3.90. The van der Waals surface area contributed by atoms with Crippen LogP contribution in [0.5, 0.6) is 0 Å². The summed E-state index contributed by atoms with van der Waals surface area (Å²) in [7, 11) is 0. The van der Waals surface area contributed by atoms with Crippen LogP contribution in [0.4, 0.5) is 5.69 Å². The molecule has 120 valence electrons. The number of nitrogens with zero attached hydrogens (tertiary/aromatic N) is 2. The highest BCUT2D eigenvalue weighted by molar-refractivity contribution is 5.99. The number of nitrogen functional groups attached to an aromatic ring is 1. The lowest BCUT2D eigenvalue weighted by Gasteiger charge is -2.35. The second kappa shape index (κ2) is 7.29. The summed E-state index contributed by atoms with van der Waals surface area (Å²) in [5.74, 6) is 0.0470. The molecule has 0 atom stereocenters. The van der Waals surface area contributed by atoms with E-state index in [4.69, 9.17) is 5.73 Å². The number of nitrogens with two attached hydrogens (primary N) is 1. The molecular weight excluding hydrogens is 286 g/mol. The molecule has 0 aromatic heterocycles. The van der Waals surface area contributed by atoms with Crippen molar-refractivity contribution in [1.82, 2.24) is 9.80 Å². The van der Waals surface area contributed by atoms with Crippen LogP contribution < -0.4 is 5.73 Å². The van der Waals surface area contributed by atoms with Crippen molar-refractivity contribution in [1.29, 1.82) is 0 Å². The van der Waals surface area contributed by atoms with Crippen LogP contribution in [0.25, 0.3) is 0 Å². The van der Waals surface area contributed by atoms with Gasteiger partial charge >= 0.3 is 0 Å². The average Bonchev–Trinajstić information content (AvgIpc) is 2.61. The molecule has 0 unspecified atom stereocenters. The molecule has 2 N–H and O–H groups in total. The average molecular weight is 309 g/mol. The van der Waals surface area contributed by atoms with E-state index in [2.05, 4.69) is 29.2 Å². The van der Waals surface area contributed by atoms with Gasteiger partial charge in [0.1, 0.15) is 0 Å². The molecule has 0 saturated carbocycles. The van der Waals surface area contributed by atoms with E-state index in [1.54, 1.807) is 12.1 Å². The van der Waals surface area contributed by atoms with Crippen LogP contribution in [-0.2, 0) is 6.42 Å². The normalized spacial score (nSPS) is 15.6. The van der Waals surface area contributed by atoms with Gasteiger partial charge in [0, 0.05) is 38.4 Å². The summed E-state index contributed by atoms with van der Waals surface area (Å²) in [6, 6.07) is 17.8. The Kier molecular flexibility index (Phi) is 4.93. The van der Waals surface area contributed by atoms with E-state index in [0.29, 0.717) is 11.3 Å². The molecule has 1 aliphatic rings. The minimum Gasteiger partial charge on any atom is -0.398 e. The fraction of sp³-hybridized carbons (Fsp3) is 0.316. The van der Waals surface area contributed by atoms with Gasteiger partial charge in [-0.3, -0.25) is 9.69 Å². The molecule has 0 radical (unpaired) electrons. The van der Waals surface area contributed by atoms with Gasteiger partial charge in [-0.25, -0.2) is 0 Å². The molecule has 1 saturated heterocycles. The van der Waals surface area contributed by atoms with Gasteiger partial charge in [-0.1, -0.05) is 42.5 Å². The van der Waals surface area contributed by atoms with Crippen LogP contribution >= 0.6 is 0 Å². The third-order valence-electron chi connectivity index (χ3n) is 4.41. The van der Waals surface area contributed by atoms with Crippen molar-refractivity contribution in [2.45, 2.75) is 6.42 Å². The lowest BCUT2D eigenvalue weighted by molar-refractivity contribution is 0.0639. The number of hydrogen-bond acceptors (Lipinski definition) is 3. The van der Waals surface area contributed by atoms with E-state index in [0.717, 1.165) is 39.1 Å². The molecule has 3 rings (SSSR count). The van der Waals surface area contributed by atoms with E-state index >= 15 is 0 Å². The Bertz CT molecular complexity index is 649. The van der Waals surface area contributed by atoms with Crippen LogP contribution in [0.3, 0.4) is 0 Å². The van der Waals surface area contributed by atoms with Gasteiger partial charge in [0.2, 0.25) is 0 Å². The number of piperazine rings is 1. The maximum Gasteiger partial charge on any atom is 0.256 e. The van der Waals surface area contributed by atoms with Crippen LogP contribution in [0, 0.1) is 0 Å². The molecular formula is C19H23N3O. The van der Waals surface area contributed by atoms with Gasteiger partial charge in [-0.15, -0.1) is 0 Å². The van der Waals surface area contributed by atoms with Crippen molar-refractivity contribution >= 4 is 11.6 Å². The second-order valence-electron chi connectivity index (χ2n) is 5.96. The van der Waals surface area contributed by atoms with Crippen molar-refractivity contribution in [2.24, 2.45) is 0 Å². The number of anilines is 1. The van der Waals surface area contributed by atoms with E-state index in [-0.39, 0.29) is 5.91 Å². The molecule has 1 amide bonds. The predicted octanol–water partition coefficient (Wildman–Crippen LogP) is 2.27. The van der Waals surface area contributed by atoms with Gasteiger partial charge in [0.15, 0.2) is 0 Å². The number of benzene rings is 2. The largest absolute Gasteiger partial charge is 0.398 e. The van der Waals surface area contributed by atoms with Crippen molar-refractivity contribution in [3.63, 3.8) is 0 Å². The van der Waals surface area contributed by atoms with E-state index < -0.39 is 0 Å². The molecule has 4 heteroatoms. The molecule has 1 fully saturated rings. The topological polar surface area (TPSA) is 49.6 Å². The SMILES string of the molecule is Nc1ccccc1C(=O)N1CCN(CCc2ccccc2)CC1. The first kappa shape index (κ1) is 15.6. The summed E-state index contributed by atoms with van der Waals surface area (Å²) in [6.45, 7) is 4.42. The Morgan fingerprint density at radius 3 is 2.26 bits per heavy atom. The summed E-state index contributed by atoms with van der Waals surface area (Å²) in [6.07, 6.45) is 1.06. The minimum atomic E-state index is 0.0470. The number of amides is 1. The molecule has 0 bridgehead atoms. The lowest BCUT2D eigenvalue weighted by Crippen LogP contribution is -2.49. The van der Waals surface area contributed by atoms with Gasteiger partial charge in [-0.05, 0) is 24.1 Å². The molecule has 4 nitrogen and oxygen atoms in total. The van der Waals surface area contributed by atoms with Crippen molar-refractivity contribution in [3.05, 3.63) is 65.7 Å². The molecule has 2 aromatic carbocycles. The first-order valence-electron chi connectivity index (χ1n) is 8.14. The smallest absolute Gasteiger partial charge is 0.256 e. The summed E-state index contributed by atoms with van der Waals surface area (Å²) >= 11 is 0.